The lowest BCUT2D eigenvalue weighted by molar-refractivity contribution is 0.416. The van der Waals surface area contributed by atoms with Crippen LogP contribution in [0, 0.1) is 13.8 Å². The van der Waals surface area contributed by atoms with Crippen LogP contribution in [0.5, 0.6) is 5.75 Å². The van der Waals surface area contributed by atoms with Gasteiger partial charge in [0.05, 0.1) is 12.8 Å². The van der Waals surface area contributed by atoms with Crippen LogP contribution in [0.15, 0.2) is 28.7 Å². The SMILES string of the molecule is COc1ccc(Br)cc1NC(C)c1cc(C)sc1C. The third kappa shape index (κ3) is 3.31. The van der Waals surface area contributed by atoms with E-state index in [1.807, 2.05) is 29.5 Å². The van der Waals surface area contributed by atoms with Crippen molar-refractivity contribution in [1.82, 2.24) is 0 Å². The zero-order valence-corrected chi connectivity index (χ0v) is 14.0. The Hall–Kier alpha value is -1.00. The second kappa shape index (κ2) is 5.97. The lowest BCUT2D eigenvalue weighted by atomic mass is 10.1. The van der Waals surface area contributed by atoms with Gasteiger partial charge in [-0.2, -0.15) is 0 Å². The quantitative estimate of drug-likeness (QED) is 0.814. The van der Waals surface area contributed by atoms with Crippen LogP contribution >= 0.6 is 27.3 Å². The van der Waals surface area contributed by atoms with Crippen LogP contribution < -0.4 is 10.1 Å². The predicted molar refractivity (Wildman–Crippen MR) is 86.5 cm³/mol. The normalized spacial score (nSPS) is 12.3. The number of anilines is 1. The number of hydrogen-bond acceptors (Lipinski definition) is 3. The van der Waals surface area contributed by atoms with E-state index in [1.54, 1.807) is 7.11 Å². The first-order chi connectivity index (χ1) is 9.01. The molecule has 1 N–H and O–H groups in total. The lowest BCUT2D eigenvalue weighted by Crippen LogP contribution is -2.07. The molecule has 1 heterocycles. The van der Waals surface area contributed by atoms with Crippen molar-refractivity contribution in [2.24, 2.45) is 0 Å². The van der Waals surface area contributed by atoms with E-state index in [0.717, 1.165) is 15.9 Å². The summed E-state index contributed by atoms with van der Waals surface area (Å²) in [5.74, 6) is 0.861. The van der Waals surface area contributed by atoms with Gasteiger partial charge in [-0.25, -0.2) is 0 Å². The monoisotopic (exact) mass is 339 g/mol. The number of hydrogen-bond donors (Lipinski definition) is 1. The largest absolute Gasteiger partial charge is 0.495 e. The zero-order chi connectivity index (χ0) is 14.0. The van der Waals surface area contributed by atoms with Crippen LogP contribution in [0.3, 0.4) is 0 Å². The molecule has 0 radical (unpaired) electrons. The smallest absolute Gasteiger partial charge is 0.142 e. The van der Waals surface area contributed by atoms with Crippen molar-refractivity contribution in [1.29, 1.82) is 0 Å². The molecule has 1 aromatic carbocycles. The number of benzene rings is 1. The molecule has 0 aliphatic carbocycles. The zero-order valence-electron chi connectivity index (χ0n) is 11.6. The third-order valence-electron chi connectivity index (χ3n) is 3.08. The number of aryl methyl sites for hydroxylation is 2. The van der Waals surface area contributed by atoms with Crippen molar-refractivity contribution in [2.45, 2.75) is 26.8 Å². The van der Waals surface area contributed by atoms with Gasteiger partial charge in [-0.05, 0) is 50.6 Å². The van der Waals surface area contributed by atoms with Crippen LogP contribution in [0.1, 0.15) is 28.3 Å². The first-order valence-electron chi connectivity index (χ1n) is 6.18. The lowest BCUT2D eigenvalue weighted by Gasteiger charge is -2.18. The maximum Gasteiger partial charge on any atom is 0.142 e. The van der Waals surface area contributed by atoms with Crippen molar-refractivity contribution >= 4 is 33.0 Å². The van der Waals surface area contributed by atoms with Crippen LogP contribution in [0.4, 0.5) is 5.69 Å². The van der Waals surface area contributed by atoms with E-state index in [1.165, 1.54) is 15.3 Å². The van der Waals surface area contributed by atoms with Gasteiger partial charge in [-0.15, -0.1) is 11.3 Å². The van der Waals surface area contributed by atoms with Gasteiger partial charge in [0.1, 0.15) is 5.75 Å². The van der Waals surface area contributed by atoms with Crippen molar-refractivity contribution in [3.63, 3.8) is 0 Å². The topological polar surface area (TPSA) is 21.3 Å². The molecule has 19 heavy (non-hydrogen) atoms. The third-order valence-corrected chi connectivity index (χ3v) is 4.55. The minimum Gasteiger partial charge on any atom is -0.495 e. The van der Waals surface area contributed by atoms with Crippen LogP contribution in [0.2, 0.25) is 0 Å². The van der Waals surface area contributed by atoms with E-state index in [2.05, 4.69) is 48.1 Å². The fourth-order valence-electron chi connectivity index (χ4n) is 2.18. The van der Waals surface area contributed by atoms with Crippen LogP contribution in [0.25, 0.3) is 0 Å². The molecule has 0 saturated heterocycles. The molecule has 0 fully saturated rings. The molecule has 102 valence electrons. The van der Waals surface area contributed by atoms with Crippen LogP contribution in [-0.4, -0.2) is 7.11 Å². The second-order valence-electron chi connectivity index (χ2n) is 4.58. The molecule has 0 aliphatic rings. The molecule has 2 aromatic rings. The van der Waals surface area contributed by atoms with Gasteiger partial charge >= 0.3 is 0 Å². The van der Waals surface area contributed by atoms with Gasteiger partial charge < -0.3 is 10.1 Å². The summed E-state index contributed by atoms with van der Waals surface area (Å²) in [7, 11) is 1.69. The molecule has 4 heteroatoms. The standard InChI is InChI=1S/C15H18BrNOS/c1-9-7-13(11(3)19-9)10(2)17-14-8-12(16)5-6-15(14)18-4/h5-8,10,17H,1-4H3. The van der Waals surface area contributed by atoms with E-state index in [9.17, 15) is 0 Å². The molecular formula is C15H18BrNOS. The Bertz CT molecular complexity index is 580. The molecule has 0 aliphatic heterocycles. The van der Waals surface area contributed by atoms with Gasteiger partial charge in [0.25, 0.3) is 0 Å². The molecule has 0 bridgehead atoms. The summed E-state index contributed by atoms with van der Waals surface area (Å²) in [4.78, 5) is 2.72. The molecule has 2 rings (SSSR count). The maximum absolute atomic E-state index is 5.39. The van der Waals surface area contributed by atoms with E-state index >= 15 is 0 Å². The average molecular weight is 340 g/mol. The molecule has 0 saturated carbocycles. The Balaban J connectivity index is 2.25. The summed E-state index contributed by atoms with van der Waals surface area (Å²) in [6.45, 7) is 6.49. The van der Waals surface area contributed by atoms with Crippen molar-refractivity contribution in [2.75, 3.05) is 12.4 Å². The first-order valence-corrected chi connectivity index (χ1v) is 7.79. The Morgan fingerprint density at radius 3 is 2.58 bits per heavy atom. The number of thiophene rings is 1. The highest BCUT2D eigenvalue weighted by atomic mass is 79.9. The number of nitrogens with one attached hydrogen (secondary N) is 1. The van der Waals surface area contributed by atoms with Crippen molar-refractivity contribution < 1.29 is 4.74 Å². The first kappa shape index (κ1) is 14.4. The van der Waals surface area contributed by atoms with Gasteiger partial charge in [-0.1, -0.05) is 15.9 Å². The van der Waals surface area contributed by atoms with Crippen molar-refractivity contribution in [3.8, 4) is 5.75 Å². The van der Waals surface area contributed by atoms with E-state index < -0.39 is 0 Å². The average Bonchev–Trinajstić information content (AvgIpc) is 2.69. The summed E-state index contributed by atoms with van der Waals surface area (Å²) in [5, 5.41) is 3.52. The van der Waals surface area contributed by atoms with Gasteiger partial charge in [0.15, 0.2) is 0 Å². The van der Waals surface area contributed by atoms with Gasteiger partial charge in [0, 0.05) is 20.3 Å². The summed E-state index contributed by atoms with van der Waals surface area (Å²) < 4.78 is 6.43. The highest BCUT2D eigenvalue weighted by Gasteiger charge is 2.13. The molecule has 0 amide bonds. The van der Waals surface area contributed by atoms with Gasteiger partial charge in [-0.3, -0.25) is 0 Å². The fourth-order valence-corrected chi connectivity index (χ4v) is 3.57. The summed E-state index contributed by atoms with van der Waals surface area (Å²) in [6, 6.07) is 8.50. The van der Waals surface area contributed by atoms with E-state index in [-0.39, 0.29) is 6.04 Å². The Morgan fingerprint density at radius 2 is 2.00 bits per heavy atom. The molecular weight excluding hydrogens is 322 g/mol. The number of methoxy groups -OCH3 is 1. The van der Waals surface area contributed by atoms with Crippen molar-refractivity contribution in [3.05, 3.63) is 44.1 Å². The molecule has 1 unspecified atom stereocenters. The predicted octanol–water partition coefficient (Wildman–Crippen LogP) is 5.31. The molecule has 1 aromatic heterocycles. The molecule has 1 atom stereocenters. The molecule has 0 spiro atoms. The number of rotatable bonds is 4. The van der Waals surface area contributed by atoms with Crippen LogP contribution in [-0.2, 0) is 0 Å². The minimum atomic E-state index is 0.258. The summed E-state index contributed by atoms with van der Waals surface area (Å²) in [6.07, 6.45) is 0. The maximum atomic E-state index is 5.39. The minimum absolute atomic E-state index is 0.258. The summed E-state index contributed by atoms with van der Waals surface area (Å²) >= 11 is 5.34. The summed E-state index contributed by atoms with van der Waals surface area (Å²) in [5.41, 5.74) is 2.36. The Kier molecular flexibility index (Phi) is 4.53. The molecule has 2 nitrogen and oxygen atoms in total. The van der Waals surface area contributed by atoms with E-state index in [4.69, 9.17) is 4.74 Å². The second-order valence-corrected chi connectivity index (χ2v) is 6.96. The Morgan fingerprint density at radius 1 is 1.26 bits per heavy atom. The van der Waals surface area contributed by atoms with E-state index in [0.29, 0.717) is 0 Å². The fraction of sp³-hybridized carbons (Fsp3) is 0.333. The number of halogens is 1. The highest BCUT2D eigenvalue weighted by Crippen LogP contribution is 2.33. The number of ether oxygens (including phenoxy) is 1. The van der Waals surface area contributed by atoms with Gasteiger partial charge in [0.2, 0.25) is 0 Å². The highest BCUT2D eigenvalue weighted by molar-refractivity contribution is 9.10. The Labute approximate surface area is 126 Å².